The van der Waals surface area contributed by atoms with Gasteiger partial charge >= 0.3 is 0 Å². The minimum atomic E-state index is -0.0981. The highest BCUT2D eigenvalue weighted by molar-refractivity contribution is 6.32. The van der Waals surface area contributed by atoms with Crippen LogP contribution in [0, 0.1) is 0 Å². The highest BCUT2D eigenvalue weighted by Gasteiger charge is 2.17. The van der Waals surface area contributed by atoms with E-state index in [1.54, 1.807) is 12.1 Å². The van der Waals surface area contributed by atoms with Crippen molar-refractivity contribution in [3.8, 4) is 17.2 Å². The summed E-state index contributed by atoms with van der Waals surface area (Å²) in [5.74, 6) is 1.82. The van der Waals surface area contributed by atoms with Crippen LogP contribution in [-0.2, 0) is 17.8 Å². The van der Waals surface area contributed by atoms with Crippen LogP contribution in [-0.4, -0.2) is 25.7 Å². The maximum atomic E-state index is 12.3. The number of hydrogen-bond donors (Lipinski definition) is 1. The first-order valence-corrected chi connectivity index (χ1v) is 8.60. The van der Waals surface area contributed by atoms with Crippen molar-refractivity contribution >= 4 is 17.5 Å². The summed E-state index contributed by atoms with van der Waals surface area (Å²) in [6.45, 7) is 3.88. The van der Waals surface area contributed by atoms with E-state index in [0.717, 1.165) is 16.9 Å². The van der Waals surface area contributed by atoms with Gasteiger partial charge in [-0.1, -0.05) is 29.8 Å². The Morgan fingerprint density at radius 3 is 2.88 bits per heavy atom. The maximum absolute atomic E-state index is 12.3. The number of carbonyl (C=O) groups is 1. The van der Waals surface area contributed by atoms with E-state index in [4.69, 9.17) is 25.8 Å². The molecule has 0 bridgehead atoms. The largest absolute Gasteiger partial charge is 0.494 e. The molecule has 25 heavy (non-hydrogen) atoms. The summed E-state index contributed by atoms with van der Waals surface area (Å²) in [4.78, 5) is 12.3. The third kappa shape index (κ3) is 4.37. The standard InChI is InChI=1S/C19H20ClNO4/c1-2-23-16-6-4-3-5-14(16)12-21-18(22)11-13-9-15(20)19-17(10-13)24-7-8-25-19/h3-6,9-10H,2,7-8,11-12H2,1H3,(H,21,22). The Labute approximate surface area is 151 Å². The number of hydrogen-bond acceptors (Lipinski definition) is 4. The molecule has 1 amide bonds. The van der Waals surface area contributed by atoms with Crippen LogP contribution in [0.25, 0.3) is 0 Å². The lowest BCUT2D eigenvalue weighted by Gasteiger charge is -2.20. The number of fused-ring (bicyclic) bond motifs is 1. The normalized spacial score (nSPS) is 12.6. The first-order chi connectivity index (χ1) is 12.2. The summed E-state index contributed by atoms with van der Waals surface area (Å²) in [6, 6.07) is 11.2. The van der Waals surface area contributed by atoms with Crippen molar-refractivity contribution < 1.29 is 19.0 Å². The topological polar surface area (TPSA) is 56.8 Å². The second kappa shape index (κ2) is 8.12. The number of halogens is 1. The summed E-state index contributed by atoms with van der Waals surface area (Å²) in [7, 11) is 0. The van der Waals surface area contributed by atoms with Gasteiger partial charge in [-0.25, -0.2) is 0 Å². The summed E-state index contributed by atoms with van der Waals surface area (Å²) < 4.78 is 16.6. The molecule has 0 unspecified atom stereocenters. The van der Waals surface area contributed by atoms with Gasteiger partial charge in [-0.15, -0.1) is 0 Å². The zero-order valence-electron chi connectivity index (χ0n) is 14.0. The molecule has 0 atom stereocenters. The molecule has 0 spiro atoms. The van der Waals surface area contributed by atoms with Crippen molar-refractivity contribution in [1.82, 2.24) is 5.32 Å². The fourth-order valence-corrected chi connectivity index (χ4v) is 2.94. The summed E-state index contributed by atoms with van der Waals surface area (Å²) in [5.41, 5.74) is 1.72. The van der Waals surface area contributed by atoms with E-state index in [0.29, 0.717) is 42.9 Å². The van der Waals surface area contributed by atoms with Crippen molar-refractivity contribution in [2.75, 3.05) is 19.8 Å². The van der Waals surface area contributed by atoms with Gasteiger partial charge in [0.1, 0.15) is 19.0 Å². The second-order valence-corrected chi connectivity index (χ2v) is 6.00. The molecule has 132 valence electrons. The van der Waals surface area contributed by atoms with Crippen LogP contribution >= 0.6 is 11.6 Å². The average molecular weight is 362 g/mol. The van der Waals surface area contributed by atoms with E-state index < -0.39 is 0 Å². The molecule has 6 heteroatoms. The third-order valence-electron chi connectivity index (χ3n) is 3.77. The molecular formula is C19H20ClNO4. The molecule has 1 N–H and O–H groups in total. The molecule has 1 aliphatic rings. The number of benzene rings is 2. The number of para-hydroxylation sites is 1. The highest BCUT2D eigenvalue weighted by atomic mass is 35.5. The number of amides is 1. The Bertz CT molecular complexity index is 763. The SMILES string of the molecule is CCOc1ccccc1CNC(=O)Cc1cc(Cl)c2c(c1)OCCO2. The van der Waals surface area contributed by atoms with Gasteiger partial charge in [0.2, 0.25) is 5.91 Å². The summed E-state index contributed by atoms with van der Waals surface area (Å²) in [6.07, 6.45) is 0.215. The number of ether oxygens (including phenoxy) is 3. The van der Waals surface area contributed by atoms with Crippen LogP contribution in [0.2, 0.25) is 5.02 Å². The minimum absolute atomic E-state index is 0.0981. The highest BCUT2D eigenvalue weighted by Crippen LogP contribution is 2.38. The Kier molecular flexibility index (Phi) is 5.66. The first-order valence-electron chi connectivity index (χ1n) is 8.22. The van der Waals surface area contributed by atoms with Crippen LogP contribution < -0.4 is 19.5 Å². The number of nitrogens with one attached hydrogen (secondary N) is 1. The van der Waals surface area contributed by atoms with Gasteiger partial charge in [-0.3, -0.25) is 4.79 Å². The van der Waals surface area contributed by atoms with E-state index in [2.05, 4.69) is 5.32 Å². The van der Waals surface area contributed by atoms with Crippen LogP contribution in [0.4, 0.5) is 0 Å². The molecule has 5 nitrogen and oxygen atoms in total. The molecule has 0 radical (unpaired) electrons. The van der Waals surface area contributed by atoms with Gasteiger partial charge in [-0.05, 0) is 30.7 Å². The monoisotopic (exact) mass is 361 g/mol. The molecule has 2 aromatic carbocycles. The molecule has 2 aromatic rings. The number of rotatable bonds is 6. The Morgan fingerprint density at radius 1 is 1.24 bits per heavy atom. The fraction of sp³-hybridized carbons (Fsp3) is 0.316. The molecule has 0 saturated carbocycles. The molecule has 1 aliphatic heterocycles. The van der Waals surface area contributed by atoms with E-state index in [-0.39, 0.29) is 12.3 Å². The van der Waals surface area contributed by atoms with Gasteiger partial charge in [0.15, 0.2) is 11.5 Å². The summed E-state index contributed by atoms with van der Waals surface area (Å²) >= 11 is 6.21. The fourth-order valence-electron chi connectivity index (χ4n) is 2.65. The number of carbonyl (C=O) groups excluding carboxylic acids is 1. The zero-order valence-corrected chi connectivity index (χ0v) is 14.8. The van der Waals surface area contributed by atoms with Crippen molar-refractivity contribution in [1.29, 1.82) is 0 Å². The average Bonchev–Trinajstić information content (AvgIpc) is 2.61. The molecule has 0 aliphatic carbocycles. The zero-order chi connectivity index (χ0) is 17.6. The van der Waals surface area contributed by atoms with Gasteiger partial charge in [0.25, 0.3) is 0 Å². The quantitative estimate of drug-likeness (QED) is 0.857. The van der Waals surface area contributed by atoms with E-state index in [9.17, 15) is 4.79 Å². The summed E-state index contributed by atoms with van der Waals surface area (Å²) in [5, 5.41) is 3.37. The van der Waals surface area contributed by atoms with Gasteiger partial charge in [0, 0.05) is 12.1 Å². The lowest BCUT2D eigenvalue weighted by atomic mass is 10.1. The van der Waals surface area contributed by atoms with Crippen LogP contribution in [0.1, 0.15) is 18.1 Å². The molecule has 0 aromatic heterocycles. The van der Waals surface area contributed by atoms with Crippen LogP contribution in [0.3, 0.4) is 0 Å². The van der Waals surface area contributed by atoms with Crippen molar-refractivity contribution in [3.05, 3.63) is 52.5 Å². The smallest absolute Gasteiger partial charge is 0.224 e. The predicted molar refractivity (Wildman–Crippen MR) is 95.6 cm³/mol. The lowest BCUT2D eigenvalue weighted by Crippen LogP contribution is -2.25. The van der Waals surface area contributed by atoms with Crippen molar-refractivity contribution in [3.63, 3.8) is 0 Å². The van der Waals surface area contributed by atoms with E-state index in [1.807, 2.05) is 31.2 Å². The van der Waals surface area contributed by atoms with Crippen LogP contribution in [0.5, 0.6) is 17.2 Å². The van der Waals surface area contributed by atoms with Gasteiger partial charge < -0.3 is 19.5 Å². The minimum Gasteiger partial charge on any atom is -0.494 e. The van der Waals surface area contributed by atoms with Gasteiger partial charge in [-0.2, -0.15) is 0 Å². The lowest BCUT2D eigenvalue weighted by molar-refractivity contribution is -0.120. The molecule has 0 fully saturated rings. The van der Waals surface area contributed by atoms with Gasteiger partial charge in [0.05, 0.1) is 18.1 Å². The predicted octanol–water partition coefficient (Wildman–Crippen LogP) is 3.37. The molecule has 3 rings (SSSR count). The molecule has 1 heterocycles. The molecule has 0 saturated heterocycles. The Morgan fingerprint density at radius 2 is 2.04 bits per heavy atom. The Hall–Kier alpha value is -2.40. The van der Waals surface area contributed by atoms with E-state index in [1.165, 1.54) is 0 Å². The maximum Gasteiger partial charge on any atom is 0.224 e. The molecular weight excluding hydrogens is 342 g/mol. The van der Waals surface area contributed by atoms with Crippen molar-refractivity contribution in [2.45, 2.75) is 19.9 Å². The van der Waals surface area contributed by atoms with E-state index >= 15 is 0 Å². The Balaban J connectivity index is 1.63. The third-order valence-corrected chi connectivity index (χ3v) is 4.05. The second-order valence-electron chi connectivity index (χ2n) is 5.60. The van der Waals surface area contributed by atoms with Crippen molar-refractivity contribution in [2.24, 2.45) is 0 Å². The first kappa shape index (κ1) is 17.4. The van der Waals surface area contributed by atoms with Crippen LogP contribution in [0.15, 0.2) is 36.4 Å².